The summed E-state index contributed by atoms with van der Waals surface area (Å²) in [6, 6.07) is -0.901. The standard InChI is InChI=1S/C12H22N2O3/c1-2-5-10(12(16)17)14-11(15)8-6-3-4-7-9(8)13/h8-10H,2-7,13H2,1H3,(H,14,15)(H,16,17)/t8?,9?,10-/m0/s1. The summed E-state index contributed by atoms with van der Waals surface area (Å²) in [5.74, 6) is -1.38. The van der Waals surface area contributed by atoms with Crippen molar-refractivity contribution in [3.8, 4) is 0 Å². The van der Waals surface area contributed by atoms with E-state index in [0.29, 0.717) is 6.42 Å². The highest BCUT2D eigenvalue weighted by Crippen LogP contribution is 2.23. The van der Waals surface area contributed by atoms with Gasteiger partial charge < -0.3 is 16.2 Å². The van der Waals surface area contributed by atoms with Crippen LogP contribution in [0.2, 0.25) is 0 Å². The summed E-state index contributed by atoms with van der Waals surface area (Å²) in [5.41, 5.74) is 5.90. The quantitative estimate of drug-likeness (QED) is 0.667. The van der Waals surface area contributed by atoms with Gasteiger partial charge in [-0.15, -0.1) is 0 Å². The van der Waals surface area contributed by atoms with Crippen LogP contribution in [0.1, 0.15) is 45.4 Å². The normalized spacial score (nSPS) is 26.2. The smallest absolute Gasteiger partial charge is 0.326 e. The van der Waals surface area contributed by atoms with Gasteiger partial charge in [-0.3, -0.25) is 4.79 Å². The van der Waals surface area contributed by atoms with E-state index in [-0.39, 0.29) is 17.9 Å². The Bertz CT molecular complexity index is 281. The fraction of sp³-hybridized carbons (Fsp3) is 0.833. The molecule has 3 atom stereocenters. The Morgan fingerprint density at radius 2 is 2.06 bits per heavy atom. The Morgan fingerprint density at radius 3 is 2.59 bits per heavy atom. The lowest BCUT2D eigenvalue weighted by Gasteiger charge is -2.28. The van der Waals surface area contributed by atoms with Crippen LogP contribution in [0.15, 0.2) is 0 Å². The molecule has 0 heterocycles. The lowest BCUT2D eigenvalue weighted by atomic mass is 9.84. The Hall–Kier alpha value is -1.10. The Morgan fingerprint density at radius 1 is 1.41 bits per heavy atom. The van der Waals surface area contributed by atoms with Crippen molar-refractivity contribution < 1.29 is 14.7 Å². The van der Waals surface area contributed by atoms with E-state index in [1.54, 1.807) is 0 Å². The summed E-state index contributed by atoms with van der Waals surface area (Å²) < 4.78 is 0. The lowest BCUT2D eigenvalue weighted by molar-refractivity contribution is -0.143. The summed E-state index contributed by atoms with van der Waals surface area (Å²) in [4.78, 5) is 22.9. The minimum absolute atomic E-state index is 0.125. The van der Waals surface area contributed by atoms with Gasteiger partial charge in [0.15, 0.2) is 0 Å². The van der Waals surface area contributed by atoms with Crippen molar-refractivity contribution in [2.24, 2.45) is 11.7 Å². The fourth-order valence-corrected chi connectivity index (χ4v) is 2.31. The molecule has 0 aliphatic heterocycles. The molecular formula is C12H22N2O3. The van der Waals surface area contributed by atoms with Crippen LogP contribution in [0, 0.1) is 5.92 Å². The molecule has 0 saturated heterocycles. The average molecular weight is 242 g/mol. The molecule has 98 valence electrons. The summed E-state index contributed by atoms with van der Waals surface area (Å²) in [6.07, 6.45) is 4.87. The molecule has 0 spiro atoms. The largest absolute Gasteiger partial charge is 0.480 e. The van der Waals surface area contributed by atoms with Gasteiger partial charge in [0.25, 0.3) is 0 Å². The minimum Gasteiger partial charge on any atom is -0.480 e. The summed E-state index contributed by atoms with van der Waals surface area (Å²) in [6.45, 7) is 1.90. The maximum absolute atomic E-state index is 11.9. The fourth-order valence-electron chi connectivity index (χ4n) is 2.31. The first kappa shape index (κ1) is 14.0. The maximum atomic E-state index is 11.9. The monoisotopic (exact) mass is 242 g/mol. The maximum Gasteiger partial charge on any atom is 0.326 e. The van der Waals surface area contributed by atoms with Crippen molar-refractivity contribution in [2.45, 2.75) is 57.5 Å². The Labute approximate surface area is 102 Å². The molecule has 17 heavy (non-hydrogen) atoms. The number of nitrogens with one attached hydrogen (secondary N) is 1. The summed E-state index contributed by atoms with van der Waals surface area (Å²) in [7, 11) is 0. The van der Waals surface area contributed by atoms with Gasteiger partial charge in [0.1, 0.15) is 6.04 Å². The number of aliphatic carboxylic acids is 1. The molecule has 5 heteroatoms. The van der Waals surface area contributed by atoms with Gasteiger partial charge in [-0.05, 0) is 19.3 Å². The van der Waals surface area contributed by atoms with Gasteiger partial charge in [0.05, 0.1) is 5.92 Å². The van der Waals surface area contributed by atoms with Crippen molar-refractivity contribution in [1.29, 1.82) is 0 Å². The molecule has 1 aliphatic carbocycles. The molecular weight excluding hydrogens is 220 g/mol. The van der Waals surface area contributed by atoms with E-state index in [1.165, 1.54) is 0 Å². The molecule has 1 fully saturated rings. The van der Waals surface area contributed by atoms with E-state index >= 15 is 0 Å². The number of carbonyl (C=O) groups is 2. The lowest BCUT2D eigenvalue weighted by Crippen LogP contribution is -2.49. The second-order valence-electron chi connectivity index (χ2n) is 4.74. The third kappa shape index (κ3) is 4.00. The van der Waals surface area contributed by atoms with E-state index in [2.05, 4.69) is 5.32 Å². The number of rotatable bonds is 5. The number of carbonyl (C=O) groups excluding carboxylic acids is 1. The molecule has 0 radical (unpaired) electrons. The number of hydrogen-bond donors (Lipinski definition) is 3. The van der Waals surface area contributed by atoms with E-state index in [9.17, 15) is 9.59 Å². The number of carboxylic acid groups (broad SMARTS) is 1. The van der Waals surface area contributed by atoms with Gasteiger partial charge in [0, 0.05) is 6.04 Å². The van der Waals surface area contributed by atoms with Crippen molar-refractivity contribution in [2.75, 3.05) is 0 Å². The molecule has 0 aromatic heterocycles. The second-order valence-corrected chi connectivity index (χ2v) is 4.74. The van der Waals surface area contributed by atoms with Crippen molar-refractivity contribution >= 4 is 11.9 Å². The van der Waals surface area contributed by atoms with E-state index in [1.807, 2.05) is 6.92 Å². The van der Waals surface area contributed by atoms with E-state index in [0.717, 1.165) is 32.1 Å². The van der Waals surface area contributed by atoms with Gasteiger partial charge >= 0.3 is 5.97 Å². The minimum atomic E-state index is -0.968. The first-order chi connectivity index (χ1) is 8.06. The van der Waals surface area contributed by atoms with Gasteiger partial charge in [-0.1, -0.05) is 26.2 Å². The third-order valence-electron chi connectivity index (χ3n) is 3.35. The van der Waals surface area contributed by atoms with Crippen molar-refractivity contribution in [3.05, 3.63) is 0 Å². The molecule has 1 saturated carbocycles. The summed E-state index contributed by atoms with van der Waals surface area (Å²) >= 11 is 0. The number of carboxylic acids is 1. The molecule has 1 aliphatic rings. The molecule has 0 bridgehead atoms. The average Bonchev–Trinajstić information content (AvgIpc) is 2.28. The Balaban J connectivity index is 2.53. The highest BCUT2D eigenvalue weighted by Gasteiger charge is 2.30. The zero-order chi connectivity index (χ0) is 12.8. The molecule has 0 aromatic rings. The predicted octanol–water partition coefficient (Wildman–Crippen LogP) is 0.873. The highest BCUT2D eigenvalue weighted by atomic mass is 16.4. The van der Waals surface area contributed by atoms with Crippen LogP contribution in [0.4, 0.5) is 0 Å². The van der Waals surface area contributed by atoms with Crippen LogP contribution >= 0.6 is 0 Å². The van der Waals surface area contributed by atoms with Gasteiger partial charge in [0.2, 0.25) is 5.91 Å². The van der Waals surface area contributed by atoms with Crippen molar-refractivity contribution in [3.63, 3.8) is 0 Å². The molecule has 1 rings (SSSR count). The number of nitrogens with two attached hydrogens (primary N) is 1. The Kier molecular flexibility index (Phi) is 5.41. The van der Waals surface area contributed by atoms with Crippen LogP contribution in [0.5, 0.6) is 0 Å². The predicted molar refractivity (Wildman–Crippen MR) is 64.4 cm³/mol. The van der Waals surface area contributed by atoms with Crippen LogP contribution in [-0.4, -0.2) is 29.1 Å². The number of amides is 1. The van der Waals surface area contributed by atoms with Crippen molar-refractivity contribution in [1.82, 2.24) is 5.32 Å². The number of hydrogen-bond acceptors (Lipinski definition) is 3. The molecule has 5 nitrogen and oxygen atoms in total. The van der Waals surface area contributed by atoms with Crippen LogP contribution in [-0.2, 0) is 9.59 Å². The third-order valence-corrected chi connectivity index (χ3v) is 3.35. The van der Waals surface area contributed by atoms with Crippen LogP contribution in [0.25, 0.3) is 0 Å². The topological polar surface area (TPSA) is 92.4 Å². The van der Waals surface area contributed by atoms with Crippen LogP contribution < -0.4 is 11.1 Å². The van der Waals surface area contributed by atoms with Gasteiger partial charge in [-0.2, -0.15) is 0 Å². The van der Waals surface area contributed by atoms with E-state index < -0.39 is 12.0 Å². The highest BCUT2D eigenvalue weighted by molar-refractivity contribution is 5.85. The van der Waals surface area contributed by atoms with Crippen LogP contribution in [0.3, 0.4) is 0 Å². The molecule has 4 N–H and O–H groups in total. The zero-order valence-corrected chi connectivity index (χ0v) is 10.3. The first-order valence-electron chi connectivity index (χ1n) is 6.35. The second kappa shape index (κ2) is 6.59. The zero-order valence-electron chi connectivity index (χ0n) is 10.3. The molecule has 2 unspecified atom stereocenters. The molecule has 0 aromatic carbocycles. The SMILES string of the molecule is CCC[C@H](NC(=O)C1CCCCC1N)C(=O)O. The first-order valence-corrected chi connectivity index (χ1v) is 6.35. The van der Waals surface area contributed by atoms with E-state index in [4.69, 9.17) is 10.8 Å². The van der Waals surface area contributed by atoms with Gasteiger partial charge in [-0.25, -0.2) is 4.79 Å². The molecule has 1 amide bonds. The summed E-state index contributed by atoms with van der Waals surface area (Å²) in [5, 5.41) is 11.6.